The highest BCUT2D eigenvalue weighted by atomic mass is 19.4. The van der Waals surface area contributed by atoms with E-state index in [9.17, 15) is 18.3 Å². The number of fused-ring (bicyclic) bond motifs is 1. The fraction of sp³-hybridized carbons (Fsp3) is 0.533. The number of hydrogen-bond donors (Lipinski definition) is 2. The lowest BCUT2D eigenvalue weighted by Gasteiger charge is -2.47. The molecule has 10 heteroatoms. The zero-order chi connectivity index (χ0) is 28.3. The van der Waals surface area contributed by atoms with Crippen molar-refractivity contribution in [2.75, 3.05) is 12.0 Å². The Morgan fingerprint density at radius 1 is 1.18 bits per heavy atom. The minimum atomic E-state index is -4.43. The number of ether oxygens (including phenoxy) is 1. The Morgan fingerprint density at radius 3 is 2.58 bits per heavy atom. The Labute approximate surface area is 232 Å². The van der Waals surface area contributed by atoms with Gasteiger partial charge in [-0.3, -0.25) is 0 Å². The maximum absolute atomic E-state index is 14.2. The highest BCUT2D eigenvalue weighted by Gasteiger charge is 2.51. The molecule has 1 aromatic heterocycles. The van der Waals surface area contributed by atoms with Gasteiger partial charge >= 0.3 is 6.18 Å². The molecule has 0 spiro atoms. The van der Waals surface area contributed by atoms with Gasteiger partial charge in [0.2, 0.25) is 0 Å². The number of aryl methyl sites for hydroxylation is 1. The second-order valence-electron chi connectivity index (χ2n) is 12.1. The molecule has 2 saturated carbocycles. The van der Waals surface area contributed by atoms with Crippen molar-refractivity contribution in [1.82, 2.24) is 20.1 Å². The molecule has 0 saturated heterocycles. The Kier molecular flexibility index (Phi) is 6.71. The molecular formula is C30H36F3N5O2. The lowest BCUT2D eigenvalue weighted by atomic mass is 9.66. The van der Waals surface area contributed by atoms with Gasteiger partial charge in [0.15, 0.2) is 0 Å². The van der Waals surface area contributed by atoms with E-state index in [1.807, 2.05) is 42.3 Å². The third kappa shape index (κ3) is 4.90. The van der Waals surface area contributed by atoms with Gasteiger partial charge < -0.3 is 24.6 Å². The van der Waals surface area contributed by atoms with Gasteiger partial charge in [0.05, 0.1) is 23.2 Å². The van der Waals surface area contributed by atoms with E-state index in [4.69, 9.17) is 4.74 Å². The number of hydrogen-bond acceptors (Lipinski definition) is 6. The molecule has 3 aliphatic rings. The number of rotatable bonds is 8. The van der Waals surface area contributed by atoms with Crippen LogP contribution in [0.3, 0.4) is 0 Å². The number of methoxy groups -OCH3 is 1. The summed E-state index contributed by atoms with van der Waals surface area (Å²) in [6.45, 7) is 3.11. The van der Waals surface area contributed by atoms with Crippen LogP contribution >= 0.6 is 0 Å². The molecule has 0 bridgehead atoms. The summed E-state index contributed by atoms with van der Waals surface area (Å²) >= 11 is 0. The highest BCUT2D eigenvalue weighted by molar-refractivity contribution is 5.57. The normalized spacial score (nSPS) is 24.4. The molecular weight excluding hydrogens is 519 g/mol. The van der Waals surface area contributed by atoms with Crippen LogP contribution in [-0.4, -0.2) is 44.2 Å². The minimum absolute atomic E-state index is 0.0108. The predicted molar refractivity (Wildman–Crippen MR) is 145 cm³/mol. The second kappa shape index (κ2) is 9.85. The first-order chi connectivity index (χ1) is 19.0. The van der Waals surface area contributed by atoms with E-state index in [1.54, 1.807) is 18.0 Å². The fourth-order valence-corrected chi connectivity index (χ4v) is 6.60. The number of nitrogens with zero attached hydrogens (tertiary/aromatic N) is 4. The lowest BCUT2D eigenvalue weighted by Crippen LogP contribution is -2.53. The van der Waals surface area contributed by atoms with Crippen LogP contribution in [0, 0.1) is 0 Å². The van der Waals surface area contributed by atoms with Gasteiger partial charge in [0.25, 0.3) is 0 Å². The van der Waals surface area contributed by atoms with E-state index in [0.29, 0.717) is 48.4 Å². The number of aromatic nitrogens is 3. The Bertz CT molecular complexity index is 1390. The molecule has 2 heterocycles. The topological polar surface area (TPSA) is 75.4 Å². The molecule has 214 valence electrons. The van der Waals surface area contributed by atoms with Crippen LogP contribution in [0.15, 0.2) is 42.7 Å². The van der Waals surface area contributed by atoms with Gasteiger partial charge in [-0.1, -0.05) is 18.2 Å². The molecule has 0 radical (unpaired) electrons. The van der Waals surface area contributed by atoms with Gasteiger partial charge in [-0.2, -0.15) is 13.2 Å². The molecule has 0 unspecified atom stereocenters. The van der Waals surface area contributed by atoms with Gasteiger partial charge in [0, 0.05) is 57.9 Å². The Morgan fingerprint density at radius 2 is 1.95 bits per heavy atom. The third-order valence-electron chi connectivity index (χ3n) is 9.20. The SMILES string of the molecule is COC1CC(O)([C@H](c2cccc(N3Cc4cc(CNC5(C)CCC5)cc(C(F)(F)F)c4C3)c2)c2nncn2C)C1. The molecule has 1 aliphatic heterocycles. The van der Waals surface area contributed by atoms with Crippen molar-refractivity contribution in [3.63, 3.8) is 0 Å². The van der Waals surface area contributed by atoms with Crippen LogP contribution in [0.5, 0.6) is 0 Å². The smallest absolute Gasteiger partial charge is 0.389 e. The van der Waals surface area contributed by atoms with Crippen molar-refractivity contribution in [1.29, 1.82) is 0 Å². The van der Waals surface area contributed by atoms with Crippen LogP contribution in [0.2, 0.25) is 0 Å². The number of alkyl halides is 3. The van der Waals surface area contributed by atoms with E-state index in [-0.39, 0.29) is 18.2 Å². The van der Waals surface area contributed by atoms with E-state index < -0.39 is 23.3 Å². The van der Waals surface area contributed by atoms with Gasteiger partial charge in [-0.25, -0.2) is 0 Å². The first-order valence-corrected chi connectivity index (χ1v) is 13.9. The summed E-state index contributed by atoms with van der Waals surface area (Å²) in [7, 11) is 3.48. The monoisotopic (exact) mass is 555 g/mol. The van der Waals surface area contributed by atoms with E-state index in [1.165, 1.54) is 6.07 Å². The minimum Gasteiger partial charge on any atom is -0.389 e. The van der Waals surface area contributed by atoms with Crippen LogP contribution in [0.25, 0.3) is 0 Å². The number of anilines is 1. The van der Waals surface area contributed by atoms with Crippen molar-refractivity contribution in [3.8, 4) is 0 Å². The summed E-state index contributed by atoms with van der Waals surface area (Å²) in [5, 5.41) is 23.4. The molecule has 40 heavy (non-hydrogen) atoms. The van der Waals surface area contributed by atoms with Crippen LogP contribution in [-0.2, 0) is 37.6 Å². The third-order valence-corrected chi connectivity index (χ3v) is 9.20. The summed E-state index contributed by atoms with van der Waals surface area (Å²) in [5.41, 5.74) is 1.76. The highest BCUT2D eigenvalue weighted by Crippen LogP contribution is 2.48. The summed E-state index contributed by atoms with van der Waals surface area (Å²) in [4.78, 5) is 1.98. The van der Waals surface area contributed by atoms with Crippen molar-refractivity contribution in [3.05, 3.63) is 76.4 Å². The predicted octanol–water partition coefficient (Wildman–Crippen LogP) is 5.06. The number of halogens is 3. The maximum Gasteiger partial charge on any atom is 0.416 e. The molecule has 2 N–H and O–H groups in total. The molecule has 2 aliphatic carbocycles. The maximum atomic E-state index is 14.2. The summed E-state index contributed by atoms with van der Waals surface area (Å²) < 4.78 is 49.9. The molecule has 3 aromatic rings. The second-order valence-corrected chi connectivity index (χ2v) is 12.1. The largest absolute Gasteiger partial charge is 0.416 e. The average Bonchev–Trinajstić information content (AvgIpc) is 3.50. The number of aliphatic hydroxyl groups is 1. The van der Waals surface area contributed by atoms with E-state index in [2.05, 4.69) is 22.4 Å². The van der Waals surface area contributed by atoms with Gasteiger partial charge in [-0.15, -0.1) is 10.2 Å². The molecule has 2 fully saturated rings. The van der Waals surface area contributed by atoms with E-state index >= 15 is 0 Å². The lowest BCUT2D eigenvalue weighted by molar-refractivity contribution is -0.138. The summed E-state index contributed by atoms with van der Waals surface area (Å²) in [6.07, 6.45) is 1.31. The average molecular weight is 556 g/mol. The Hall–Kier alpha value is -2.95. The van der Waals surface area contributed by atoms with Gasteiger partial charge in [-0.05, 0) is 66.6 Å². The molecule has 2 aromatic carbocycles. The summed E-state index contributed by atoms with van der Waals surface area (Å²) in [5.74, 6) is 0.184. The molecule has 0 amide bonds. The Balaban J connectivity index is 1.30. The first-order valence-electron chi connectivity index (χ1n) is 13.9. The van der Waals surface area contributed by atoms with Crippen LogP contribution in [0.1, 0.15) is 78.6 Å². The number of nitrogens with one attached hydrogen (secondary N) is 1. The zero-order valence-corrected chi connectivity index (χ0v) is 23.1. The zero-order valence-electron chi connectivity index (χ0n) is 23.1. The van der Waals surface area contributed by atoms with Crippen molar-refractivity contribution >= 4 is 5.69 Å². The molecule has 1 atom stereocenters. The number of benzene rings is 2. The first kappa shape index (κ1) is 27.2. The van der Waals surface area contributed by atoms with Crippen LogP contribution < -0.4 is 10.2 Å². The van der Waals surface area contributed by atoms with Crippen molar-refractivity contribution < 1.29 is 23.0 Å². The van der Waals surface area contributed by atoms with Crippen molar-refractivity contribution in [2.45, 2.75) is 88.0 Å². The van der Waals surface area contributed by atoms with Gasteiger partial charge in [0.1, 0.15) is 12.2 Å². The standard InChI is InChI=1S/C30H36F3N5O2/c1-28(8-5-9-28)34-15-19-10-21-16-38(17-24(21)25(11-19)30(31,32)33)22-7-4-6-20(12-22)26(27-36-35-18-37(27)2)29(39)13-23(14-29)40-3/h4,6-7,10-12,18,23,26,34,39H,5,8-9,13-17H2,1-3H3/t23?,26-,29?/m1/s1. The van der Waals surface area contributed by atoms with E-state index in [0.717, 1.165) is 30.5 Å². The fourth-order valence-electron chi connectivity index (χ4n) is 6.60. The quantitative estimate of drug-likeness (QED) is 0.405. The van der Waals surface area contributed by atoms with Crippen molar-refractivity contribution in [2.24, 2.45) is 7.05 Å². The molecule has 7 nitrogen and oxygen atoms in total. The van der Waals surface area contributed by atoms with Crippen LogP contribution in [0.4, 0.5) is 18.9 Å². The summed E-state index contributed by atoms with van der Waals surface area (Å²) in [6, 6.07) is 11.0. The molecule has 6 rings (SSSR count).